The molecule has 1 heterocycles. The number of carbonyl (C=O) groups excluding carboxylic acids is 1. The van der Waals surface area contributed by atoms with Gasteiger partial charge in [-0.3, -0.25) is 9.48 Å². The summed E-state index contributed by atoms with van der Waals surface area (Å²) < 4.78 is 1.94. The van der Waals surface area contributed by atoms with Crippen molar-refractivity contribution in [1.82, 2.24) is 15.1 Å². The lowest BCUT2D eigenvalue weighted by Crippen LogP contribution is -2.25. The number of nitrogens with one attached hydrogen (secondary N) is 1. The van der Waals surface area contributed by atoms with Gasteiger partial charge in [-0.2, -0.15) is 5.10 Å². The van der Waals surface area contributed by atoms with Gasteiger partial charge in [0.2, 0.25) is 0 Å². The van der Waals surface area contributed by atoms with Crippen molar-refractivity contribution in [2.75, 3.05) is 6.54 Å². The van der Waals surface area contributed by atoms with E-state index in [2.05, 4.69) is 38.1 Å². The van der Waals surface area contributed by atoms with Crippen LogP contribution in [0.2, 0.25) is 0 Å². The normalized spacial score (nSPS) is 12.9. The van der Waals surface area contributed by atoms with Gasteiger partial charge in [0.05, 0.1) is 12.1 Å². The fraction of sp³-hybridized carbons (Fsp3) is 0.714. The second-order valence-corrected chi connectivity index (χ2v) is 5.12. The molecule has 0 fully saturated rings. The van der Waals surface area contributed by atoms with Gasteiger partial charge in [-0.15, -0.1) is 0 Å². The fourth-order valence-corrected chi connectivity index (χ4v) is 1.69. The minimum absolute atomic E-state index is 0.248. The molecule has 1 atom stereocenters. The predicted octanol–water partition coefficient (Wildman–Crippen LogP) is 2.35. The van der Waals surface area contributed by atoms with Crippen molar-refractivity contribution >= 4 is 5.78 Å². The van der Waals surface area contributed by atoms with Crippen LogP contribution in [-0.2, 0) is 11.2 Å². The Balaban J connectivity index is 2.38. The highest BCUT2D eigenvalue weighted by Gasteiger charge is 2.08. The minimum Gasteiger partial charge on any atom is -0.314 e. The van der Waals surface area contributed by atoms with Crippen molar-refractivity contribution in [3.63, 3.8) is 0 Å². The van der Waals surface area contributed by atoms with Crippen molar-refractivity contribution in [1.29, 1.82) is 0 Å². The monoisotopic (exact) mass is 251 g/mol. The summed E-state index contributed by atoms with van der Waals surface area (Å²) in [7, 11) is 0. The van der Waals surface area contributed by atoms with Crippen molar-refractivity contribution in [3.8, 4) is 0 Å². The van der Waals surface area contributed by atoms with Crippen LogP contribution in [0.3, 0.4) is 0 Å². The van der Waals surface area contributed by atoms with Gasteiger partial charge in [0.1, 0.15) is 5.78 Å². The van der Waals surface area contributed by atoms with Crippen LogP contribution in [0.25, 0.3) is 0 Å². The summed E-state index contributed by atoms with van der Waals surface area (Å²) >= 11 is 0. The number of nitrogens with zero attached hydrogens (tertiary/aromatic N) is 2. The smallest absolute Gasteiger partial charge is 0.140 e. The van der Waals surface area contributed by atoms with Gasteiger partial charge in [0, 0.05) is 31.2 Å². The molecule has 1 aromatic rings. The molecule has 4 nitrogen and oxygen atoms in total. The molecule has 0 aliphatic rings. The number of hydrogen-bond acceptors (Lipinski definition) is 3. The summed E-state index contributed by atoms with van der Waals surface area (Å²) in [5.74, 6) is 0.248. The Morgan fingerprint density at radius 3 is 2.78 bits per heavy atom. The molecule has 0 bridgehead atoms. The lowest BCUT2D eigenvalue weighted by atomic mass is 10.1. The second-order valence-electron chi connectivity index (χ2n) is 5.12. The van der Waals surface area contributed by atoms with E-state index in [0.717, 1.165) is 18.7 Å². The Hall–Kier alpha value is -1.16. The van der Waals surface area contributed by atoms with Gasteiger partial charge in [-0.05, 0) is 19.4 Å². The van der Waals surface area contributed by atoms with E-state index in [1.165, 1.54) is 0 Å². The fourth-order valence-electron chi connectivity index (χ4n) is 1.69. The quantitative estimate of drug-likeness (QED) is 0.771. The van der Waals surface area contributed by atoms with Crippen LogP contribution in [0.4, 0.5) is 0 Å². The standard InChI is InChI=1S/C14H25N3O/c1-5-12(4)17-9-7-13(16-17)10-14(18)6-8-15-11(2)3/h7,9,11-12,15H,5-6,8,10H2,1-4H3. The molecule has 1 N–H and O–H groups in total. The molecule has 102 valence electrons. The van der Waals surface area contributed by atoms with Crippen LogP contribution in [0.5, 0.6) is 0 Å². The van der Waals surface area contributed by atoms with Gasteiger partial charge < -0.3 is 5.32 Å². The molecule has 0 aliphatic heterocycles. The van der Waals surface area contributed by atoms with Crippen molar-refractivity contribution in [2.45, 2.75) is 59.0 Å². The minimum atomic E-state index is 0.248. The highest BCUT2D eigenvalue weighted by molar-refractivity contribution is 5.80. The molecular formula is C14H25N3O. The maximum Gasteiger partial charge on any atom is 0.140 e. The molecule has 0 radical (unpaired) electrons. The molecule has 0 spiro atoms. The first kappa shape index (κ1) is 14.9. The van der Waals surface area contributed by atoms with Gasteiger partial charge in [-0.25, -0.2) is 0 Å². The summed E-state index contributed by atoms with van der Waals surface area (Å²) in [5.41, 5.74) is 0.879. The number of Topliss-reactive ketones (excluding diaryl/α,β-unsaturated/α-hetero) is 1. The number of aromatic nitrogens is 2. The van der Waals surface area contributed by atoms with E-state index >= 15 is 0 Å². The Morgan fingerprint density at radius 1 is 1.44 bits per heavy atom. The highest BCUT2D eigenvalue weighted by Crippen LogP contribution is 2.09. The van der Waals surface area contributed by atoms with E-state index in [-0.39, 0.29) is 5.78 Å². The van der Waals surface area contributed by atoms with Gasteiger partial charge in [-0.1, -0.05) is 20.8 Å². The molecule has 0 aliphatic carbocycles. The van der Waals surface area contributed by atoms with Crippen LogP contribution in [0.1, 0.15) is 52.3 Å². The van der Waals surface area contributed by atoms with Crippen LogP contribution in [0, 0.1) is 0 Å². The first-order valence-corrected chi connectivity index (χ1v) is 6.82. The highest BCUT2D eigenvalue weighted by atomic mass is 16.1. The van der Waals surface area contributed by atoms with Crippen molar-refractivity contribution in [2.24, 2.45) is 0 Å². The van der Waals surface area contributed by atoms with Crippen molar-refractivity contribution in [3.05, 3.63) is 18.0 Å². The molecule has 0 saturated carbocycles. The van der Waals surface area contributed by atoms with E-state index in [1.807, 2.05) is 16.9 Å². The molecule has 1 rings (SSSR count). The maximum atomic E-state index is 11.8. The summed E-state index contributed by atoms with van der Waals surface area (Å²) in [6, 6.07) is 2.78. The predicted molar refractivity (Wildman–Crippen MR) is 73.7 cm³/mol. The zero-order valence-corrected chi connectivity index (χ0v) is 11.9. The van der Waals surface area contributed by atoms with E-state index in [1.54, 1.807) is 0 Å². The van der Waals surface area contributed by atoms with E-state index < -0.39 is 0 Å². The summed E-state index contributed by atoms with van der Waals surface area (Å²) in [4.78, 5) is 11.8. The van der Waals surface area contributed by atoms with Crippen molar-refractivity contribution < 1.29 is 4.79 Å². The van der Waals surface area contributed by atoms with E-state index in [4.69, 9.17) is 0 Å². The molecule has 1 aromatic heterocycles. The number of carbonyl (C=O) groups is 1. The average molecular weight is 251 g/mol. The molecule has 0 saturated heterocycles. The number of rotatable bonds is 8. The Bertz CT molecular complexity index is 371. The third kappa shape index (κ3) is 5.00. The summed E-state index contributed by atoms with van der Waals surface area (Å²) in [5, 5.41) is 7.69. The Morgan fingerprint density at radius 2 is 2.17 bits per heavy atom. The first-order valence-electron chi connectivity index (χ1n) is 6.82. The maximum absolute atomic E-state index is 11.8. The average Bonchev–Trinajstić information content (AvgIpc) is 2.76. The molecule has 18 heavy (non-hydrogen) atoms. The number of hydrogen-bond donors (Lipinski definition) is 1. The van der Waals surface area contributed by atoms with Gasteiger partial charge in [0.25, 0.3) is 0 Å². The first-order chi connectivity index (χ1) is 8.52. The third-order valence-electron chi connectivity index (χ3n) is 3.04. The van der Waals surface area contributed by atoms with E-state index in [0.29, 0.717) is 24.9 Å². The molecule has 4 heteroatoms. The lowest BCUT2D eigenvalue weighted by molar-refractivity contribution is -0.118. The second kappa shape index (κ2) is 7.31. The third-order valence-corrected chi connectivity index (χ3v) is 3.04. The molecule has 1 unspecified atom stereocenters. The molecular weight excluding hydrogens is 226 g/mol. The number of ketones is 1. The zero-order chi connectivity index (χ0) is 13.5. The Kier molecular flexibility index (Phi) is 6.05. The van der Waals surface area contributed by atoms with Crippen LogP contribution in [0.15, 0.2) is 12.3 Å². The molecule has 0 amide bonds. The summed E-state index contributed by atoms with van der Waals surface area (Å²) in [6.07, 6.45) is 4.04. The summed E-state index contributed by atoms with van der Waals surface area (Å²) in [6.45, 7) is 9.18. The van der Waals surface area contributed by atoms with Crippen LogP contribution in [-0.4, -0.2) is 28.2 Å². The lowest BCUT2D eigenvalue weighted by Gasteiger charge is -2.08. The SMILES string of the molecule is CCC(C)n1ccc(CC(=O)CCNC(C)C)n1. The Labute approximate surface area is 110 Å². The van der Waals surface area contributed by atoms with E-state index in [9.17, 15) is 4.79 Å². The zero-order valence-electron chi connectivity index (χ0n) is 11.9. The largest absolute Gasteiger partial charge is 0.314 e. The van der Waals surface area contributed by atoms with Crippen LogP contribution >= 0.6 is 0 Å². The van der Waals surface area contributed by atoms with Gasteiger partial charge >= 0.3 is 0 Å². The topological polar surface area (TPSA) is 46.9 Å². The van der Waals surface area contributed by atoms with Crippen LogP contribution < -0.4 is 5.32 Å². The molecule has 0 aromatic carbocycles. The van der Waals surface area contributed by atoms with Gasteiger partial charge in [0.15, 0.2) is 0 Å².